The highest BCUT2D eigenvalue weighted by atomic mass is 15.0. The van der Waals surface area contributed by atoms with E-state index < -0.39 is 0 Å². The number of nitrogens with zero attached hydrogens (tertiary/aromatic N) is 3. The fourth-order valence-electron chi connectivity index (χ4n) is 2.33. The Hall–Kier alpha value is -2.68. The normalized spacial score (nSPS) is 11.2. The summed E-state index contributed by atoms with van der Waals surface area (Å²) in [6.07, 6.45) is 3.86. The van der Waals surface area contributed by atoms with Crippen molar-refractivity contribution in [2.45, 2.75) is 0 Å². The number of benzene rings is 2. The van der Waals surface area contributed by atoms with Crippen molar-refractivity contribution in [1.82, 2.24) is 14.4 Å². The van der Waals surface area contributed by atoms with Gasteiger partial charge in [-0.25, -0.2) is 4.98 Å². The molecule has 0 atom stereocenters. The Morgan fingerprint density at radius 2 is 1.63 bits per heavy atom. The summed E-state index contributed by atoms with van der Waals surface area (Å²) in [5.41, 5.74) is 5.05. The summed E-state index contributed by atoms with van der Waals surface area (Å²) < 4.78 is 2.09. The molecule has 3 heteroatoms. The van der Waals surface area contributed by atoms with Gasteiger partial charge in [-0.3, -0.25) is 9.38 Å². The van der Waals surface area contributed by atoms with Crippen molar-refractivity contribution in [3.63, 3.8) is 0 Å². The van der Waals surface area contributed by atoms with Gasteiger partial charge in [0.1, 0.15) is 0 Å². The van der Waals surface area contributed by atoms with Gasteiger partial charge in [-0.15, -0.1) is 0 Å². The molecule has 0 fully saturated rings. The Bertz CT molecular complexity index is 863. The van der Waals surface area contributed by atoms with Gasteiger partial charge in [-0.1, -0.05) is 42.5 Å². The van der Waals surface area contributed by atoms with E-state index in [1.54, 1.807) is 0 Å². The fraction of sp³-hybridized carbons (Fsp3) is 0. The summed E-state index contributed by atoms with van der Waals surface area (Å²) >= 11 is 0. The minimum absolute atomic E-state index is 0.876. The molecule has 0 aliphatic carbocycles. The van der Waals surface area contributed by atoms with Crippen LogP contribution in [0, 0.1) is 0 Å². The van der Waals surface area contributed by atoms with Crippen LogP contribution in [0.3, 0.4) is 0 Å². The van der Waals surface area contributed by atoms with Crippen molar-refractivity contribution in [1.29, 1.82) is 0 Å². The van der Waals surface area contributed by atoms with Gasteiger partial charge in [0, 0.05) is 11.8 Å². The minimum atomic E-state index is 0.876. The van der Waals surface area contributed by atoms with Crippen LogP contribution in [0.5, 0.6) is 0 Å². The highest BCUT2D eigenvalue weighted by Gasteiger charge is 2.05. The number of rotatable bonds is 1. The first kappa shape index (κ1) is 10.3. The second-order valence-electron chi connectivity index (χ2n) is 4.47. The summed E-state index contributed by atoms with van der Waals surface area (Å²) in [5.74, 6) is 0. The molecule has 0 aliphatic rings. The van der Waals surface area contributed by atoms with Crippen molar-refractivity contribution < 1.29 is 0 Å². The summed E-state index contributed by atoms with van der Waals surface area (Å²) in [5, 5.41) is 0. The Labute approximate surface area is 110 Å². The number of para-hydroxylation sites is 2. The van der Waals surface area contributed by atoms with Crippen LogP contribution in [0.4, 0.5) is 0 Å². The van der Waals surface area contributed by atoms with E-state index in [9.17, 15) is 0 Å². The number of hydrogen-bond donors (Lipinski definition) is 0. The lowest BCUT2D eigenvalue weighted by Crippen LogP contribution is -1.90. The first-order chi connectivity index (χ1) is 9.42. The molecule has 0 saturated heterocycles. The van der Waals surface area contributed by atoms with Gasteiger partial charge in [0.25, 0.3) is 0 Å². The van der Waals surface area contributed by atoms with E-state index in [1.807, 2.05) is 48.8 Å². The third-order valence-electron chi connectivity index (χ3n) is 3.26. The van der Waals surface area contributed by atoms with Gasteiger partial charge in [0.05, 0.1) is 22.9 Å². The molecule has 0 unspecified atom stereocenters. The van der Waals surface area contributed by atoms with Crippen molar-refractivity contribution in [3.8, 4) is 11.3 Å². The highest BCUT2D eigenvalue weighted by molar-refractivity contribution is 5.80. The molecule has 2 aromatic carbocycles. The number of imidazole rings is 1. The zero-order valence-electron chi connectivity index (χ0n) is 10.2. The molecule has 90 valence electrons. The Kier molecular flexibility index (Phi) is 2.12. The summed E-state index contributed by atoms with van der Waals surface area (Å²) in [7, 11) is 0. The fourth-order valence-corrected chi connectivity index (χ4v) is 2.33. The average molecular weight is 245 g/mol. The molecule has 0 bridgehead atoms. The van der Waals surface area contributed by atoms with Gasteiger partial charge >= 0.3 is 0 Å². The largest absolute Gasteiger partial charge is 0.296 e. The van der Waals surface area contributed by atoms with Gasteiger partial charge in [-0.2, -0.15) is 0 Å². The van der Waals surface area contributed by atoms with Crippen LogP contribution in [0.15, 0.2) is 67.0 Å². The molecule has 19 heavy (non-hydrogen) atoms. The lowest BCUT2D eigenvalue weighted by molar-refractivity contribution is 1.16. The third kappa shape index (κ3) is 1.59. The van der Waals surface area contributed by atoms with Crippen LogP contribution in [0.25, 0.3) is 27.9 Å². The highest BCUT2D eigenvalue weighted by Crippen LogP contribution is 2.20. The zero-order chi connectivity index (χ0) is 12.7. The average Bonchev–Trinajstić information content (AvgIpc) is 2.86. The summed E-state index contributed by atoms with van der Waals surface area (Å²) in [6, 6.07) is 18.3. The number of hydrogen-bond acceptors (Lipinski definition) is 2. The molecule has 0 radical (unpaired) electrons. The van der Waals surface area contributed by atoms with E-state index in [2.05, 4.69) is 32.6 Å². The molecule has 0 amide bonds. The molecule has 4 aromatic rings. The molecule has 0 spiro atoms. The third-order valence-corrected chi connectivity index (χ3v) is 3.26. The Morgan fingerprint density at radius 1 is 0.842 bits per heavy atom. The van der Waals surface area contributed by atoms with E-state index in [0.29, 0.717) is 0 Å². The van der Waals surface area contributed by atoms with Crippen LogP contribution >= 0.6 is 0 Å². The van der Waals surface area contributed by atoms with Crippen LogP contribution in [-0.4, -0.2) is 14.4 Å². The number of fused-ring (bicyclic) bond motifs is 3. The molecular formula is C16H11N3. The van der Waals surface area contributed by atoms with E-state index in [1.165, 1.54) is 0 Å². The Balaban J connectivity index is 2.03. The van der Waals surface area contributed by atoms with Gasteiger partial charge in [0.15, 0.2) is 5.65 Å². The molecule has 0 N–H and O–H groups in total. The summed E-state index contributed by atoms with van der Waals surface area (Å²) in [6.45, 7) is 0. The second kappa shape index (κ2) is 3.92. The van der Waals surface area contributed by atoms with E-state index in [-0.39, 0.29) is 0 Å². The van der Waals surface area contributed by atoms with Crippen LogP contribution in [-0.2, 0) is 0 Å². The van der Waals surface area contributed by atoms with E-state index in [0.717, 1.165) is 27.9 Å². The SMILES string of the molecule is c1ccc(-c2cn3c(cn2)nc2ccccc23)cc1. The van der Waals surface area contributed by atoms with Crippen molar-refractivity contribution in [2.75, 3.05) is 0 Å². The number of aromatic nitrogens is 3. The van der Waals surface area contributed by atoms with Gasteiger partial charge in [0.2, 0.25) is 0 Å². The van der Waals surface area contributed by atoms with E-state index >= 15 is 0 Å². The molecule has 4 rings (SSSR count). The zero-order valence-corrected chi connectivity index (χ0v) is 10.2. The lowest BCUT2D eigenvalue weighted by Gasteiger charge is -2.01. The molecule has 2 aromatic heterocycles. The first-order valence-corrected chi connectivity index (χ1v) is 6.20. The maximum absolute atomic E-state index is 4.55. The predicted molar refractivity (Wildman–Crippen MR) is 75.9 cm³/mol. The molecular weight excluding hydrogens is 234 g/mol. The van der Waals surface area contributed by atoms with Crippen molar-refractivity contribution >= 4 is 16.7 Å². The maximum atomic E-state index is 4.55. The topological polar surface area (TPSA) is 30.2 Å². The monoisotopic (exact) mass is 245 g/mol. The predicted octanol–water partition coefficient (Wildman–Crippen LogP) is 3.55. The van der Waals surface area contributed by atoms with Crippen molar-refractivity contribution in [2.24, 2.45) is 0 Å². The van der Waals surface area contributed by atoms with Crippen LogP contribution in [0.2, 0.25) is 0 Å². The molecule has 3 nitrogen and oxygen atoms in total. The molecule has 2 heterocycles. The van der Waals surface area contributed by atoms with Gasteiger partial charge < -0.3 is 0 Å². The standard InChI is InChI=1S/C16H11N3/c1-2-6-12(7-3-1)14-11-19-15-9-5-4-8-13(15)18-16(19)10-17-14/h1-11H. The first-order valence-electron chi connectivity index (χ1n) is 6.20. The smallest absolute Gasteiger partial charge is 0.156 e. The maximum Gasteiger partial charge on any atom is 0.156 e. The van der Waals surface area contributed by atoms with E-state index in [4.69, 9.17) is 0 Å². The van der Waals surface area contributed by atoms with Crippen LogP contribution in [0.1, 0.15) is 0 Å². The van der Waals surface area contributed by atoms with Gasteiger partial charge in [-0.05, 0) is 12.1 Å². The van der Waals surface area contributed by atoms with Crippen LogP contribution < -0.4 is 0 Å². The quantitative estimate of drug-likeness (QED) is 0.513. The lowest BCUT2D eigenvalue weighted by atomic mass is 10.2. The minimum Gasteiger partial charge on any atom is -0.296 e. The van der Waals surface area contributed by atoms with Crippen molar-refractivity contribution in [3.05, 3.63) is 67.0 Å². The second-order valence-corrected chi connectivity index (χ2v) is 4.47. The molecule has 0 saturated carbocycles. The molecule has 0 aliphatic heterocycles. The Morgan fingerprint density at radius 3 is 2.53 bits per heavy atom. The summed E-state index contributed by atoms with van der Waals surface area (Å²) in [4.78, 5) is 9.04.